The van der Waals surface area contributed by atoms with Crippen molar-refractivity contribution in [2.45, 2.75) is 30.9 Å². The molecule has 1 saturated heterocycles. The van der Waals surface area contributed by atoms with Crippen molar-refractivity contribution in [1.82, 2.24) is 15.5 Å². The van der Waals surface area contributed by atoms with E-state index in [1.54, 1.807) is 0 Å². The second-order valence-electron chi connectivity index (χ2n) is 10.1. The maximum absolute atomic E-state index is 16.5. The van der Waals surface area contributed by atoms with Crippen LogP contribution in [0.2, 0.25) is 5.02 Å². The fourth-order valence-electron chi connectivity index (χ4n) is 6.00. The Morgan fingerprint density at radius 2 is 1.88 bits per heavy atom. The zero-order valence-corrected chi connectivity index (χ0v) is 22.0. The van der Waals surface area contributed by atoms with Crippen molar-refractivity contribution in [3.63, 3.8) is 0 Å². The third kappa shape index (κ3) is 3.80. The largest absolute Gasteiger partial charge is 0.480 e. The molecule has 0 spiro atoms. The molecule has 3 aromatic carbocycles. The summed E-state index contributed by atoms with van der Waals surface area (Å²) < 4.78 is 49.7. The molecule has 1 amide bonds. The minimum absolute atomic E-state index is 0.0846. The summed E-state index contributed by atoms with van der Waals surface area (Å²) in [6.45, 7) is 0.777. The Bertz CT molecular complexity index is 1810. The summed E-state index contributed by atoms with van der Waals surface area (Å²) in [5, 5.41) is 8.89. The topological polar surface area (TPSA) is 129 Å². The van der Waals surface area contributed by atoms with Crippen molar-refractivity contribution in [1.29, 1.82) is 0 Å². The molecule has 3 aliphatic rings. The van der Waals surface area contributed by atoms with E-state index in [4.69, 9.17) is 31.5 Å². The van der Waals surface area contributed by atoms with E-state index in [9.17, 15) is 9.59 Å². The lowest BCUT2D eigenvalue weighted by molar-refractivity contribution is 0.0539. The normalized spacial score (nSPS) is 20.3. The summed E-state index contributed by atoms with van der Waals surface area (Å²) in [5.74, 6) is -3.96. The molecule has 3 aliphatic heterocycles. The van der Waals surface area contributed by atoms with Crippen molar-refractivity contribution in [2.75, 3.05) is 6.54 Å². The van der Waals surface area contributed by atoms with Gasteiger partial charge in [-0.3, -0.25) is 9.59 Å². The number of primary amides is 1. The highest BCUT2D eigenvalue weighted by atomic mass is 35.5. The minimum Gasteiger partial charge on any atom is -0.480 e. The SMILES string of the molecule is NC(=O)c1cc2c(c(F)c1-c1c(Cl)c(F)cc3c1C[C@](c1ccccc1)([C@@H]1CCCN1)O3)Oc1c(cn[nH]c1=O)O2. The van der Waals surface area contributed by atoms with Gasteiger partial charge in [0, 0.05) is 29.2 Å². The number of ether oxygens (including phenoxy) is 3. The average Bonchev–Trinajstić information content (AvgIpc) is 3.64. The molecule has 0 saturated carbocycles. The quantitative estimate of drug-likeness (QED) is 0.275. The third-order valence-electron chi connectivity index (χ3n) is 7.81. The van der Waals surface area contributed by atoms with Crippen LogP contribution >= 0.6 is 11.6 Å². The van der Waals surface area contributed by atoms with Gasteiger partial charge in [0.2, 0.25) is 17.4 Å². The van der Waals surface area contributed by atoms with Gasteiger partial charge >= 0.3 is 5.56 Å². The van der Waals surface area contributed by atoms with E-state index >= 15 is 8.78 Å². The van der Waals surface area contributed by atoms with Crippen molar-refractivity contribution >= 4 is 17.5 Å². The summed E-state index contributed by atoms with van der Waals surface area (Å²) in [6, 6.07) is 11.7. The summed E-state index contributed by atoms with van der Waals surface area (Å²) in [5.41, 5.74) is 4.43. The summed E-state index contributed by atoms with van der Waals surface area (Å²) in [7, 11) is 0. The fraction of sp³-hybridized carbons (Fsp3) is 0.207. The minimum atomic E-state index is -1.11. The molecule has 1 fully saturated rings. The van der Waals surface area contributed by atoms with Crippen LogP contribution in [0.25, 0.3) is 11.1 Å². The molecule has 4 heterocycles. The van der Waals surface area contributed by atoms with E-state index in [-0.39, 0.29) is 52.2 Å². The van der Waals surface area contributed by atoms with Crippen LogP contribution in [0, 0.1) is 11.6 Å². The Hall–Kier alpha value is -4.48. The van der Waals surface area contributed by atoms with Gasteiger partial charge in [-0.1, -0.05) is 41.9 Å². The molecular weight excluding hydrogens is 558 g/mol. The number of fused-ring (bicyclic) bond motifs is 3. The highest BCUT2D eigenvalue weighted by molar-refractivity contribution is 6.34. The van der Waals surface area contributed by atoms with E-state index in [0.29, 0.717) is 5.56 Å². The van der Waals surface area contributed by atoms with Gasteiger partial charge in [-0.25, -0.2) is 13.9 Å². The average molecular weight is 579 g/mol. The monoisotopic (exact) mass is 578 g/mol. The predicted molar refractivity (Wildman–Crippen MR) is 144 cm³/mol. The van der Waals surface area contributed by atoms with Gasteiger partial charge in [0.15, 0.2) is 22.9 Å². The Morgan fingerprint density at radius 1 is 1.07 bits per heavy atom. The van der Waals surface area contributed by atoms with Gasteiger partial charge in [-0.05, 0) is 31.0 Å². The smallest absolute Gasteiger partial charge is 0.311 e. The second-order valence-corrected chi connectivity index (χ2v) is 10.5. The van der Waals surface area contributed by atoms with Crippen LogP contribution in [0.5, 0.6) is 28.7 Å². The highest BCUT2D eigenvalue weighted by Gasteiger charge is 2.50. The molecule has 0 unspecified atom stereocenters. The third-order valence-corrected chi connectivity index (χ3v) is 8.18. The van der Waals surface area contributed by atoms with Crippen molar-refractivity contribution in [2.24, 2.45) is 5.73 Å². The van der Waals surface area contributed by atoms with Crippen LogP contribution in [0.3, 0.4) is 0 Å². The number of benzene rings is 3. The molecule has 0 bridgehead atoms. The molecule has 0 aliphatic carbocycles. The lowest BCUT2D eigenvalue weighted by Gasteiger charge is -2.35. The predicted octanol–water partition coefficient (Wildman–Crippen LogP) is 4.95. The first-order valence-corrected chi connectivity index (χ1v) is 13.2. The molecule has 12 heteroatoms. The van der Waals surface area contributed by atoms with Gasteiger partial charge in [0.25, 0.3) is 0 Å². The molecule has 41 heavy (non-hydrogen) atoms. The molecule has 0 radical (unpaired) electrons. The number of hydrogen-bond acceptors (Lipinski definition) is 7. The highest BCUT2D eigenvalue weighted by Crippen LogP contribution is 2.54. The van der Waals surface area contributed by atoms with Crippen LogP contribution in [0.15, 0.2) is 53.5 Å². The van der Waals surface area contributed by atoms with E-state index < -0.39 is 39.5 Å². The zero-order valence-electron chi connectivity index (χ0n) is 21.2. The number of aromatic nitrogens is 2. The molecule has 4 aromatic rings. The number of halogens is 3. The molecule has 2 atom stereocenters. The number of nitrogens with two attached hydrogens (primary N) is 1. The maximum atomic E-state index is 16.5. The molecule has 1 aromatic heterocycles. The Kier molecular flexibility index (Phi) is 5.77. The number of amides is 1. The van der Waals surface area contributed by atoms with Gasteiger partial charge in [-0.15, -0.1) is 0 Å². The number of rotatable bonds is 4. The standard InChI is InChI=1S/C29H21ClF2N4O5/c30-23-16(31)10-17-15(11-29(41-17,20-7-4-8-34-20)13-5-2-1-3-6-13)21(23)22-14(27(33)37)9-18-25(24(22)32)40-26-19(39-18)12-35-36-28(26)38/h1-3,5-6,9-10,12,20,34H,4,7-8,11H2,(H2,33,37)(H,36,38)/t20-,29-/m0/s1. The summed E-state index contributed by atoms with van der Waals surface area (Å²) in [4.78, 5) is 25.0. The first-order valence-electron chi connectivity index (χ1n) is 12.9. The number of nitrogens with one attached hydrogen (secondary N) is 2. The van der Waals surface area contributed by atoms with Gasteiger partial charge < -0.3 is 25.3 Å². The molecule has 9 nitrogen and oxygen atoms in total. The van der Waals surface area contributed by atoms with Crippen LogP contribution in [0.4, 0.5) is 8.78 Å². The van der Waals surface area contributed by atoms with Gasteiger partial charge in [0.05, 0.1) is 22.8 Å². The number of H-pyrrole nitrogens is 1. The zero-order chi connectivity index (χ0) is 28.5. The van der Waals surface area contributed by atoms with Crippen LogP contribution in [-0.4, -0.2) is 28.7 Å². The maximum Gasteiger partial charge on any atom is 0.311 e. The number of carbonyl (C=O) groups excluding carboxylic acids is 1. The lowest BCUT2D eigenvalue weighted by Crippen LogP contribution is -2.48. The first kappa shape index (κ1) is 25.5. The van der Waals surface area contributed by atoms with Crippen molar-refractivity contribution in [3.8, 4) is 39.9 Å². The Balaban J connectivity index is 1.46. The molecular formula is C29H21ClF2N4O5. The Labute approximate surface area is 236 Å². The van der Waals surface area contributed by atoms with E-state index in [1.807, 2.05) is 30.3 Å². The van der Waals surface area contributed by atoms with Crippen molar-refractivity contribution < 1.29 is 27.8 Å². The summed E-state index contributed by atoms with van der Waals surface area (Å²) in [6.07, 6.45) is 3.07. The van der Waals surface area contributed by atoms with Gasteiger partial charge in [0.1, 0.15) is 11.6 Å². The van der Waals surface area contributed by atoms with E-state index in [0.717, 1.165) is 24.9 Å². The number of carbonyl (C=O) groups is 1. The molecule has 4 N–H and O–H groups in total. The number of aromatic amines is 1. The Morgan fingerprint density at radius 3 is 2.61 bits per heavy atom. The van der Waals surface area contributed by atoms with Gasteiger partial charge in [-0.2, -0.15) is 5.10 Å². The molecule has 7 rings (SSSR count). The number of hydrogen-bond donors (Lipinski definition) is 3. The second kappa shape index (κ2) is 9.28. The fourth-order valence-corrected chi connectivity index (χ4v) is 6.26. The lowest BCUT2D eigenvalue weighted by atomic mass is 9.80. The van der Waals surface area contributed by atoms with Crippen LogP contribution < -0.4 is 30.8 Å². The van der Waals surface area contributed by atoms with Crippen LogP contribution in [-0.2, 0) is 12.0 Å². The van der Waals surface area contributed by atoms with Crippen LogP contribution in [0.1, 0.15) is 34.3 Å². The van der Waals surface area contributed by atoms with E-state index in [1.165, 1.54) is 18.3 Å². The van der Waals surface area contributed by atoms with E-state index in [2.05, 4.69) is 15.5 Å². The molecule has 208 valence electrons. The summed E-state index contributed by atoms with van der Waals surface area (Å²) >= 11 is 6.55. The first-order chi connectivity index (χ1) is 19.8. The number of nitrogens with zero attached hydrogens (tertiary/aromatic N) is 1. The van der Waals surface area contributed by atoms with Crippen molar-refractivity contribution in [3.05, 3.63) is 92.4 Å².